The van der Waals surface area contributed by atoms with Crippen LogP contribution in [0.15, 0.2) is 11.6 Å². The zero-order valence-corrected chi connectivity index (χ0v) is 11.2. The molecule has 1 heterocycles. The molecule has 0 aromatic heterocycles. The second kappa shape index (κ2) is 5.69. The molecule has 1 aliphatic rings. The van der Waals surface area contributed by atoms with Crippen molar-refractivity contribution in [1.82, 2.24) is 0 Å². The molecule has 1 rings (SSSR count). The third-order valence-corrected chi connectivity index (χ3v) is 4.12. The molecule has 7 nitrogen and oxygen atoms in total. The van der Waals surface area contributed by atoms with Crippen molar-refractivity contribution in [3.8, 4) is 0 Å². The van der Waals surface area contributed by atoms with Crippen LogP contribution in [0.1, 0.15) is 6.92 Å². The summed E-state index contributed by atoms with van der Waals surface area (Å²) in [6, 6.07) is -0.570. The smallest absolute Gasteiger partial charge is 0.259 e. The van der Waals surface area contributed by atoms with Gasteiger partial charge >= 0.3 is 0 Å². The van der Waals surface area contributed by atoms with Gasteiger partial charge in [0.1, 0.15) is 18.3 Å². The van der Waals surface area contributed by atoms with Gasteiger partial charge < -0.3 is 30.7 Å². The van der Waals surface area contributed by atoms with Crippen LogP contribution in [0, 0.1) is 5.92 Å². The van der Waals surface area contributed by atoms with E-state index >= 15 is 0 Å². The highest BCUT2D eigenvalue weighted by Gasteiger charge is 2.40. The van der Waals surface area contributed by atoms with Crippen molar-refractivity contribution in [3.05, 3.63) is 11.6 Å². The van der Waals surface area contributed by atoms with E-state index < -0.39 is 38.3 Å². The van der Waals surface area contributed by atoms with Crippen LogP contribution in [0.25, 0.3) is 0 Å². The van der Waals surface area contributed by atoms with Crippen molar-refractivity contribution < 1.29 is 29.5 Å². The second-order valence-corrected chi connectivity index (χ2v) is 6.84. The van der Waals surface area contributed by atoms with Gasteiger partial charge in [-0.05, 0) is 6.08 Å². The van der Waals surface area contributed by atoms with E-state index in [4.69, 9.17) is 15.6 Å². The van der Waals surface area contributed by atoms with Crippen LogP contribution in [0.5, 0.6) is 0 Å². The molecule has 8 heteroatoms. The van der Waals surface area contributed by atoms with E-state index in [-0.39, 0.29) is 11.4 Å². The van der Waals surface area contributed by atoms with Crippen LogP contribution in [0.3, 0.4) is 0 Å². The van der Waals surface area contributed by atoms with Crippen molar-refractivity contribution in [3.63, 3.8) is 0 Å². The Morgan fingerprint density at radius 1 is 1.56 bits per heavy atom. The quantitative estimate of drug-likeness (QED) is 0.409. The van der Waals surface area contributed by atoms with Crippen molar-refractivity contribution in [1.29, 1.82) is 0 Å². The summed E-state index contributed by atoms with van der Waals surface area (Å²) in [7, 11) is -3.62. The molecule has 0 aromatic carbocycles. The molecule has 0 aliphatic carbocycles. The number of hydrogen-bond donors (Lipinski definition) is 5. The Hall–Kier alpha value is -0.430. The first kappa shape index (κ1) is 15.6. The summed E-state index contributed by atoms with van der Waals surface area (Å²) in [5.41, 5.74) is 5.61. The third-order valence-electron chi connectivity index (χ3n) is 3.04. The molecule has 1 aliphatic heterocycles. The fourth-order valence-corrected chi connectivity index (χ4v) is 2.53. The van der Waals surface area contributed by atoms with E-state index in [1.165, 1.54) is 6.08 Å². The summed E-state index contributed by atoms with van der Waals surface area (Å²) in [5.74, 6) is -0.364. The highest BCUT2D eigenvalue weighted by atomic mass is 31.2. The number of aliphatic hydroxyl groups excluding tert-OH is 3. The van der Waals surface area contributed by atoms with Crippen LogP contribution in [0.2, 0.25) is 0 Å². The topological polar surface area (TPSA) is 133 Å². The number of rotatable bonds is 4. The van der Waals surface area contributed by atoms with Gasteiger partial charge in [0.25, 0.3) is 7.37 Å². The summed E-state index contributed by atoms with van der Waals surface area (Å²) < 4.78 is 16.8. The van der Waals surface area contributed by atoms with Gasteiger partial charge in [-0.2, -0.15) is 0 Å². The first-order valence-electron chi connectivity index (χ1n) is 5.60. The maximum absolute atomic E-state index is 11.5. The molecule has 1 unspecified atom stereocenters. The summed E-state index contributed by atoms with van der Waals surface area (Å²) >= 11 is 0. The van der Waals surface area contributed by atoms with E-state index in [0.29, 0.717) is 0 Å². The number of nitrogens with two attached hydrogens (primary N) is 1. The first-order chi connectivity index (χ1) is 8.18. The normalized spacial score (nSPS) is 35.1. The van der Waals surface area contributed by atoms with E-state index in [0.717, 1.165) is 6.66 Å². The Morgan fingerprint density at radius 2 is 2.11 bits per heavy atom. The van der Waals surface area contributed by atoms with E-state index in [1.54, 1.807) is 6.92 Å². The van der Waals surface area contributed by atoms with Gasteiger partial charge in [-0.1, -0.05) is 6.92 Å². The average molecular weight is 281 g/mol. The van der Waals surface area contributed by atoms with Crippen molar-refractivity contribution in [2.75, 3.05) is 13.3 Å². The zero-order valence-electron chi connectivity index (χ0n) is 10.3. The fourth-order valence-electron chi connectivity index (χ4n) is 1.77. The first-order valence-corrected chi connectivity index (χ1v) is 7.71. The van der Waals surface area contributed by atoms with Gasteiger partial charge in [0.05, 0.1) is 6.61 Å². The lowest BCUT2D eigenvalue weighted by molar-refractivity contribution is -0.105. The van der Waals surface area contributed by atoms with E-state index in [1.807, 2.05) is 0 Å². The molecule has 0 saturated carbocycles. The van der Waals surface area contributed by atoms with Gasteiger partial charge in [-0.25, -0.2) is 0 Å². The molecule has 0 bridgehead atoms. The van der Waals surface area contributed by atoms with E-state index in [9.17, 15) is 19.7 Å². The third kappa shape index (κ3) is 3.32. The minimum Gasteiger partial charge on any atom is -0.482 e. The molecule has 0 fully saturated rings. The summed E-state index contributed by atoms with van der Waals surface area (Å²) in [6.07, 6.45) is -2.37. The van der Waals surface area contributed by atoms with Crippen molar-refractivity contribution in [2.24, 2.45) is 11.7 Å². The van der Waals surface area contributed by atoms with Crippen molar-refractivity contribution in [2.45, 2.75) is 31.3 Å². The molecule has 0 radical (unpaired) electrons. The molecule has 0 amide bonds. The Balaban J connectivity index is 2.96. The fraction of sp³-hybridized carbons (Fsp3) is 0.800. The minimum absolute atomic E-state index is 0.178. The molecule has 6 N–H and O–H groups in total. The van der Waals surface area contributed by atoms with Gasteiger partial charge in [0.15, 0.2) is 5.50 Å². The van der Waals surface area contributed by atoms with Crippen LogP contribution < -0.4 is 5.73 Å². The van der Waals surface area contributed by atoms with Crippen LogP contribution in [-0.4, -0.2) is 57.8 Å². The van der Waals surface area contributed by atoms with Gasteiger partial charge in [0, 0.05) is 18.6 Å². The van der Waals surface area contributed by atoms with E-state index in [2.05, 4.69) is 0 Å². The molecule has 0 aromatic rings. The number of ether oxygens (including phenoxy) is 1. The van der Waals surface area contributed by atoms with Crippen LogP contribution in [-0.2, 0) is 9.30 Å². The molecule has 18 heavy (non-hydrogen) atoms. The Morgan fingerprint density at radius 3 is 2.56 bits per heavy atom. The molecule has 6 atom stereocenters. The highest BCUT2D eigenvalue weighted by Crippen LogP contribution is 2.49. The predicted molar refractivity (Wildman–Crippen MR) is 64.9 cm³/mol. The molecule has 0 spiro atoms. The lowest BCUT2D eigenvalue weighted by atomic mass is 9.89. The summed E-state index contributed by atoms with van der Waals surface area (Å²) in [4.78, 5) is 9.46. The Bertz CT molecular complexity index is 367. The van der Waals surface area contributed by atoms with Crippen LogP contribution in [0.4, 0.5) is 0 Å². The summed E-state index contributed by atoms with van der Waals surface area (Å²) in [6.45, 7) is 2.16. The lowest BCUT2D eigenvalue weighted by Crippen LogP contribution is -2.50. The second-order valence-electron chi connectivity index (χ2n) is 4.64. The lowest BCUT2D eigenvalue weighted by Gasteiger charge is -2.37. The molecule has 0 saturated heterocycles. The average Bonchev–Trinajstić information content (AvgIpc) is 2.29. The monoisotopic (exact) mass is 281 g/mol. The number of aliphatic hydroxyl groups is 3. The maximum atomic E-state index is 11.5. The molecule has 106 valence electrons. The predicted octanol–water partition coefficient (Wildman–Crippen LogP) is -1.20. The minimum atomic E-state index is -3.62. The Labute approximate surface area is 105 Å². The molecular formula is C10H20NO6P. The number of hydrogen-bond acceptors (Lipinski definition) is 6. The van der Waals surface area contributed by atoms with Gasteiger partial charge in [-0.3, -0.25) is 4.57 Å². The zero-order chi connectivity index (χ0) is 14.1. The largest absolute Gasteiger partial charge is 0.482 e. The standard InChI is InChI=1S/C10H20NO6P/c1-5-6(11)3-8(18(2,15)16)17-10(5)9(14)7(13)4-12/h3,5-7,9-10,12-14H,4,11H2,1-2H3,(H,15,16)/t5-,6+,7-,9-,10-/m1/s1. The SMILES string of the molecule is C[C@H]1[C@H]([C@H](O)[C@H](O)CO)OC(P(C)(=O)O)=C[C@@H]1N. The maximum Gasteiger partial charge on any atom is 0.259 e. The van der Waals surface area contributed by atoms with Crippen molar-refractivity contribution >= 4 is 7.37 Å². The molecular weight excluding hydrogens is 261 g/mol. The summed E-state index contributed by atoms with van der Waals surface area (Å²) in [5, 5.41) is 28.0. The van der Waals surface area contributed by atoms with Gasteiger partial charge in [0.2, 0.25) is 0 Å². The Kier molecular flexibility index (Phi) is 4.94. The van der Waals surface area contributed by atoms with Crippen LogP contribution >= 0.6 is 7.37 Å². The highest BCUT2D eigenvalue weighted by molar-refractivity contribution is 7.61. The van der Waals surface area contributed by atoms with Gasteiger partial charge in [-0.15, -0.1) is 0 Å².